The molecule has 0 spiro atoms. The van der Waals surface area contributed by atoms with E-state index in [9.17, 15) is 14.7 Å². The van der Waals surface area contributed by atoms with Crippen molar-refractivity contribution < 1.29 is 19.4 Å². The van der Waals surface area contributed by atoms with Gasteiger partial charge in [-0.1, -0.05) is 6.07 Å². The Hall–Kier alpha value is -2.39. The van der Waals surface area contributed by atoms with Crippen LogP contribution in [-0.2, 0) is 15.1 Å². The van der Waals surface area contributed by atoms with E-state index in [1.807, 2.05) is 0 Å². The summed E-state index contributed by atoms with van der Waals surface area (Å²) < 4.78 is 4.64. The summed E-state index contributed by atoms with van der Waals surface area (Å²) in [5.74, 6) is -1.18. The molecule has 1 heterocycles. The van der Waals surface area contributed by atoms with Crippen LogP contribution in [0.5, 0.6) is 0 Å². The van der Waals surface area contributed by atoms with Gasteiger partial charge in [0.05, 0.1) is 30.9 Å². The molecule has 2 rings (SSSR count). The highest BCUT2D eigenvalue weighted by molar-refractivity contribution is 6.07. The standard InChI is InChI=1S/C13H12N2O4/c1-7-8(11(16)19-2)3-4-9-10(7)15-12(17)13(9,18)5-6-14/h3-4,18H,5H2,1-2H3,(H,15,17). The van der Waals surface area contributed by atoms with Gasteiger partial charge in [0.2, 0.25) is 0 Å². The number of aliphatic hydroxyl groups is 1. The van der Waals surface area contributed by atoms with Crippen LogP contribution in [0.1, 0.15) is 27.9 Å². The molecule has 6 heteroatoms. The van der Waals surface area contributed by atoms with E-state index >= 15 is 0 Å². The molecule has 2 N–H and O–H groups in total. The van der Waals surface area contributed by atoms with Crippen molar-refractivity contribution in [1.29, 1.82) is 5.26 Å². The summed E-state index contributed by atoms with van der Waals surface area (Å²) in [6.07, 6.45) is -0.344. The number of methoxy groups -OCH3 is 1. The second kappa shape index (κ2) is 4.37. The van der Waals surface area contributed by atoms with Gasteiger partial charge in [0.1, 0.15) is 0 Å². The van der Waals surface area contributed by atoms with Gasteiger partial charge in [0, 0.05) is 5.56 Å². The number of carbonyl (C=O) groups is 2. The van der Waals surface area contributed by atoms with E-state index in [-0.39, 0.29) is 6.42 Å². The second-order valence-corrected chi connectivity index (χ2v) is 4.30. The normalized spacial score (nSPS) is 20.4. The number of rotatable bonds is 2. The molecule has 0 aliphatic carbocycles. The van der Waals surface area contributed by atoms with Crippen molar-refractivity contribution in [3.8, 4) is 6.07 Å². The molecule has 0 saturated carbocycles. The van der Waals surface area contributed by atoms with Crippen LogP contribution >= 0.6 is 0 Å². The fraction of sp³-hybridized carbons (Fsp3) is 0.308. The molecule has 1 aromatic carbocycles. The minimum absolute atomic E-state index is 0.308. The molecular weight excluding hydrogens is 248 g/mol. The Kier molecular flexibility index (Phi) is 3.00. The summed E-state index contributed by atoms with van der Waals surface area (Å²) in [7, 11) is 1.26. The van der Waals surface area contributed by atoms with Gasteiger partial charge in [0.15, 0.2) is 5.60 Å². The highest BCUT2D eigenvalue weighted by Crippen LogP contribution is 2.41. The Labute approximate surface area is 109 Å². The molecule has 0 aromatic heterocycles. The van der Waals surface area contributed by atoms with Crippen LogP contribution in [0.25, 0.3) is 0 Å². The predicted molar refractivity (Wildman–Crippen MR) is 65.3 cm³/mol. The topological polar surface area (TPSA) is 99.4 Å². The number of hydrogen-bond acceptors (Lipinski definition) is 5. The van der Waals surface area contributed by atoms with Crippen LogP contribution in [0.4, 0.5) is 5.69 Å². The van der Waals surface area contributed by atoms with Gasteiger partial charge >= 0.3 is 5.97 Å². The average Bonchev–Trinajstić information content (AvgIpc) is 2.63. The first-order valence-electron chi connectivity index (χ1n) is 5.59. The molecule has 1 aromatic rings. The quantitative estimate of drug-likeness (QED) is 0.767. The fourth-order valence-electron chi connectivity index (χ4n) is 2.18. The van der Waals surface area contributed by atoms with Gasteiger partial charge < -0.3 is 15.2 Å². The number of nitrogens with one attached hydrogen (secondary N) is 1. The Bertz CT molecular complexity index is 618. The molecule has 1 atom stereocenters. The maximum atomic E-state index is 11.8. The number of nitrogens with zero attached hydrogens (tertiary/aromatic N) is 1. The molecule has 1 aliphatic rings. The number of hydrogen-bond donors (Lipinski definition) is 2. The second-order valence-electron chi connectivity index (χ2n) is 4.30. The molecule has 1 aliphatic heterocycles. The Balaban J connectivity index is 2.60. The third-order valence-corrected chi connectivity index (χ3v) is 3.26. The summed E-state index contributed by atoms with van der Waals surface area (Å²) in [6.45, 7) is 1.64. The average molecular weight is 260 g/mol. The van der Waals surface area contributed by atoms with Gasteiger partial charge in [-0.2, -0.15) is 5.26 Å². The Morgan fingerprint density at radius 1 is 1.58 bits per heavy atom. The SMILES string of the molecule is COC(=O)c1ccc2c(c1C)NC(=O)C2(O)CC#N. The van der Waals surface area contributed by atoms with Crippen molar-refractivity contribution in [2.75, 3.05) is 12.4 Å². The summed E-state index contributed by atoms with van der Waals surface area (Å²) in [5, 5.41) is 21.5. The van der Waals surface area contributed by atoms with E-state index in [1.54, 1.807) is 13.0 Å². The van der Waals surface area contributed by atoms with Crippen molar-refractivity contribution in [1.82, 2.24) is 0 Å². The van der Waals surface area contributed by atoms with Crippen molar-refractivity contribution in [2.45, 2.75) is 18.9 Å². The number of amides is 1. The number of benzene rings is 1. The van der Waals surface area contributed by atoms with Gasteiger partial charge in [-0.05, 0) is 18.6 Å². The number of esters is 1. The van der Waals surface area contributed by atoms with E-state index in [1.165, 1.54) is 19.2 Å². The zero-order valence-corrected chi connectivity index (χ0v) is 10.5. The highest BCUT2D eigenvalue weighted by Gasteiger charge is 2.46. The molecule has 98 valence electrons. The van der Waals surface area contributed by atoms with Gasteiger partial charge in [0.25, 0.3) is 5.91 Å². The lowest BCUT2D eigenvalue weighted by Crippen LogP contribution is -2.33. The van der Waals surface area contributed by atoms with E-state index in [2.05, 4.69) is 10.1 Å². The van der Waals surface area contributed by atoms with Crippen LogP contribution in [0.2, 0.25) is 0 Å². The van der Waals surface area contributed by atoms with Crippen LogP contribution in [0.15, 0.2) is 12.1 Å². The molecule has 1 amide bonds. The molecule has 0 fully saturated rings. The predicted octanol–water partition coefficient (Wildman–Crippen LogP) is 0.835. The summed E-state index contributed by atoms with van der Waals surface area (Å²) >= 11 is 0. The molecule has 1 unspecified atom stereocenters. The number of ether oxygens (including phenoxy) is 1. The largest absolute Gasteiger partial charge is 0.465 e. The highest BCUT2D eigenvalue weighted by atomic mass is 16.5. The van der Waals surface area contributed by atoms with Crippen molar-refractivity contribution in [3.05, 3.63) is 28.8 Å². The molecule has 0 saturated heterocycles. The maximum Gasteiger partial charge on any atom is 0.338 e. The van der Waals surface area contributed by atoms with Gasteiger partial charge in [-0.3, -0.25) is 4.79 Å². The van der Waals surface area contributed by atoms with Crippen molar-refractivity contribution >= 4 is 17.6 Å². The lowest BCUT2D eigenvalue weighted by molar-refractivity contribution is -0.133. The lowest BCUT2D eigenvalue weighted by Gasteiger charge is -2.17. The minimum atomic E-state index is -1.86. The zero-order chi connectivity index (χ0) is 14.2. The molecular formula is C13H12N2O4. The molecule has 6 nitrogen and oxygen atoms in total. The number of fused-ring (bicyclic) bond motifs is 1. The smallest absolute Gasteiger partial charge is 0.338 e. The van der Waals surface area contributed by atoms with Crippen molar-refractivity contribution in [2.24, 2.45) is 0 Å². The van der Waals surface area contributed by atoms with Crippen LogP contribution in [0.3, 0.4) is 0 Å². The van der Waals surface area contributed by atoms with E-state index in [0.29, 0.717) is 22.4 Å². The number of nitriles is 1. The number of carbonyl (C=O) groups excluding carboxylic acids is 2. The van der Waals surface area contributed by atoms with Gasteiger partial charge in [-0.25, -0.2) is 4.79 Å². The first-order chi connectivity index (χ1) is 8.95. The first kappa shape index (κ1) is 13.1. The van der Waals surface area contributed by atoms with Crippen LogP contribution in [-0.4, -0.2) is 24.1 Å². The summed E-state index contributed by atoms with van der Waals surface area (Å²) in [5.41, 5.74) is -0.368. The molecule has 0 bridgehead atoms. The fourth-order valence-corrected chi connectivity index (χ4v) is 2.18. The van der Waals surface area contributed by atoms with Gasteiger partial charge in [-0.15, -0.1) is 0 Å². The van der Waals surface area contributed by atoms with Crippen LogP contribution < -0.4 is 5.32 Å². The minimum Gasteiger partial charge on any atom is -0.465 e. The van der Waals surface area contributed by atoms with E-state index < -0.39 is 17.5 Å². The third kappa shape index (κ3) is 1.75. The zero-order valence-electron chi connectivity index (χ0n) is 10.5. The number of anilines is 1. The Morgan fingerprint density at radius 3 is 2.84 bits per heavy atom. The van der Waals surface area contributed by atoms with E-state index in [4.69, 9.17) is 5.26 Å². The molecule has 0 radical (unpaired) electrons. The third-order valence-electron chi connectivity index (χ3n) is 3.26. The summed E-state index contributed by atoms with van der Waals surface area (Å²) in [6, 6.07) is 4.72. The summed E-state index contributed by atoms with van der Waals surface area (Å²) in [4.78, 5) is 23.4. The van der Waals surface area contributed by atoms with E-state index in [0.717, 1.165) is 0 Å². The molecule has 19 heavy (non-hydrogen) atoms. The maximum absolute atomic E-state index is 11.8. The lowest BCUT2D eigenvalue weighted by atomic mass is 9.90. The monoisotopic (exact) mass is 260 g/mol. The van der Waals surface area contributed by atoms with Crippen molar-refractivity contribution in [3.63, 3.8) is 0 Å². The van der Waals surface area contributed by atoms with Crippen LogP contribution in [0, 0.1) is 18.3 Å². The first-order valence-corrected chi connectivity index (χ1v) is 5.59. The Morgan fingerprint density at radius 2 is 2.26 bits per heavy atom.